The lowest BCUT2D eigenvalue weighted by Gasteiger charge is -2.24. The summed E-state index contributed by atoms with van der Waals surface area (Å²) in [5.74, 6) is 0.976. The molecule has 0 saturated heterocycles. The molecule has 3 rings (SSSR count). The Labute approximate surface area is 157 Å². The van der Waals surface area contributed by atoms with Crippen LogP contribution < -0.4 is 5.32 Å². The van der Waals surface area contributed by atoms with Crippen molar-refractivity contribution in [3.8, 4) is 0 Å². The van der Waals surface area contributed by atoms with Gasteiger partial charge in [0.05, 0.1) is 27.8 Å². The number of urea groups is 1. The van der Waals surface area contributed by atoms with Gasteiger partial charge < -0.3 is 14.8 Å². The lowest BCUT2D eigenvalue weighted by molar-refractivity contribution is 0.193. The number of aromatic nitrogens is 3. The van der Waals surface area contributed by atoms with Crippen LogP contribution in [0.15, 0.2) is 18.2 Å². The third kappa shape index (κ3) is 3.44. The smallest absolute Gasteiger partial charge is 0.317 e. The number of thiazole rings is 1. The number of nitrogens with one attached hydrogen (secondary N) is 1. The van der Waals surface area contributed by atoms with Crippen molar-refractivity contribution in [1.82, 2.24) is 24.8 Å². The number of imidazole rings is 1. The summed E-state index contributed by atoms with van der Waals surface area (Å²) in [7, 11) is 3.81. The van der Waals surface area contributed by atoms with Crippen molar-refractivity contribution in [2.45, 2.75) is 40.3 Å². The normalized spacial score (nSPS) is 12.4. The third-order valence-corrected chi connectivity index (χ3v) is 5.75. The van der Waals surface area contributed by atoms with E-state index in [0.717, 1.165) is 38.0 Å². The number of rotatable bonds is 4. The fraction of sp³-hybridized carbons (Fsp3) is 0.421. The summed E-state index contributed by atoms with van der Waals surface area (Å²) >= 11 is 1.66. The Morgan fingerprint density at radius 2 is 2.04 bits per heavy atom. The van der Waals surface area contributed by atoms with E-state index in [2.05, 4.69) is 19.9 Å². The van der Waals surface area contributed by atoms with Gasteiger partial charge in [0.15, 0.2) is 0 Å². The van der Waals surface area contributed by atoms with Crippen LogP contribution in [0, 0.1) is 20.8 Å². The molecule has 2 aromatic heterocycles. The van der Waals surface area contributed by atoms with Crippen molar-refractivity contribution in [2.75, 3.05) is 7.05 Å². The minimum atomic E-state index is -0.111. The number of amides is 2. The summed E-state index contributed by atoms with van der Waals surface area (Å²) < 4.78 is 2.06. The van der Waals surface area contributed by atoms with Crippen LogP contribution in [0.5, 0.6) is 0 Å². The number of benzene rings is 1. The van der Waals surface area contributed by atoms with Crippen molar-refractivity contribution >= 4 is 28.4 Å². The lowest BCUT2D eigenvalue weighted by Crippen LogP contribution is -2.38. The highest BCUT2D eigenvalue weighted by atomic mass is 32.1. The van der Waals surface area contributed by atoms with E-state index in [1.165, 1.54) is 0 Å². The minimum Gasteiger partial charge on any atom is -0.334 e. The number of fused-ring (bicyclic) bond motifs is 1. The first-order valence-corrected chi connectivity index (χ1v) is 9.46. The van der Waals surface area contributed by atoms with E-state index in [4.69, 9.17) is 0 Å². The maximum atomic E-state index is 12.5. The van der Waals surface area contributed by atoms with Gasteiger partial charge in [-0.2, -0.15) is 0 Å². The predicted molar refractivity (Wildman–Crippen MR) is 105 cm³/mol. The van der Waals surface area contributed by atoms with E-state index in [0.29, 0.717) is 6.54 Å². The van der Waals surface area contributed by atoms with Gasteiger partial charge in [0, 0.05) is 25.5 Å². The summed E-state index contributed by atoms with van der Waals surface area (Å²) in [6, 6.07) is 5.92. The fourth-order valence-corrected chi connectivity index (χ4v) is 3.98. The van der Waals surface area contributed by atoms with Gasteiger partial charge in [0.1, 0.15) is 5.82 Å². The summed E-state index contributed by atoms with van der Waals surface area (Å²) in [4.78, 5) is 24.5. The number of aryl methyl sites for hydroxylation is 4. The molecular formula is C19H25N5OS. The van der Waals surface area contributed by atoms with Crippen molar-refractivity contribution in [3.05, 3.63) is 45.2 Å². The van der Waals surface area contributed by atoms with Crippen LogP contribution in [-0.4, -0.2) is 32.5 Å². The van der Waals surface area contributed by atoms with E-state index in [9.17, 15) is 4.79 Å². The van der Waals surface area contributed by atoms with Crippen LogP contribution >= 0.6 is 11.3 Å². The van der Waals surface area contributed by atoms with Gasteiger partial charge in [-0.15, -0.1) is 11.3 Å². The average molecular weight is 372 g/mol. The SMILES string of the molecule is Cc1nc([C@@H](C)N(C)C(=O)NCc2ccc3c(c2)nc(C)n3C)c(C)s1. The highest BCUT2D eigenvalue weighted by Gasteiger charge is 2.21. The minimum absolute atomic E-state index is 0.0686. The number of carbonyl (C=O) groups is 1. The molecular weight excluding hydrogens is 346 g/mol. The topological polar surface area (TPSA) is 63.1 Å². The monoisotopic (exact) mass is 371 g/mol. The Morgan fingerprint density at radius 1 is 1.31 bits per heavy atom. The Kier molecular flexibility index (Phi) is 5.00. The predicted octanol–water partition coefficient (Wildman–Crippen LogP) is 3.86. The summed E-state index contributed by atoms with van der Waals surface area (Å²) in [5, 5.41) is 4.01. The molecule has 0 saturated carbocycles. The Balaban J connectivity index is 1.67. The lowest BCUT2D eigenvalue weighted by atomic mass is 10.2. The van der Waals surface area contributed by atoms with E-state index >= 15 is 0 Å². The molecule has 0 fully saturated rings. The molecule has 26 heavy (non-hydrogen) atoms. The van der Waals surface area contributed by atoms with Crippen molar-refractivity contribution < 1.29 is 4.79 Å². The van der Waals surface area contributed by atoms with Gasteiger partial charge in [-0.25, -0.2) is 14.8 Å². The summed E-state index contributed by atoms with van der Waals surface area (Å²) in [6.07, 6.45) is 0. The number of hydrogen-bond acceptors (Lipinski definition) is 4. The second kappa shape index (κ2) is 7.07. The van der Waals surface area contributed by atoms with Gasteiger partial charge in [-0.3, -0.25) is 0 Å². The molecule has 7 heteroatoms. The van der Waals surface area contributed by atoms with Gasteiger partial charge in [-0.05, 0) is 45.4 Å². The van der Waals surface area contributed by atoms with Crippen LogP contribution in [0.4, 0.5) is 4.79 Å². The standard InChI is InChI=1S/C19H25N5OS/c1-11(18-12(2)26-14(4)22-18)23(5)19(25)20-10-15-7-8-17-16(9-15)21-13(3)24(17)6/h7-9,11H,10H2,1-6H3,(H,20,25)/t11-/m1/s1. The summed E-state index contributed by atoms with van der Waals surface area (Å²) in [6.45, 7) is 8.50. The first-order valence-electron chi connectivity index (χ1n) is 8.64. The Morgan fingerprint density at radius 3 is 2.69 bits per heavy atom. The molecule has 138 valence electrons. The van der Waals surface area contributed by atoms with Crippen LogP contribution in [0.25, 0.3) is 11.0 Å². The zero-order valence-corrected chi connectivity index (χ0v) is 16.9. The molecule has 0 aliphatic carbocycles. The highest BCUT2D eigenvalue weighted by molar-refractivity contribution is 7.11. The van der Waals surface area contributed by atoms with E-state index in [-0.39, 0.29) is 12.1 Å². The fourth-order valence-electron chi connectivity index (χ4n) is 3.07. The summed E-state index contributed by atoms with van der Waals surface area (Å²) in [5.41, 5.74) is 4.05. The zero-order valence-electron chi connectivity index (χ0n) is 16.1. The molecule has 3 aromatic rings. The molecule has 1 aromatic carbocycles. The molecule has 6 nitrogen and oxygen atoms in total. The third-order valence-electron chi connectivity index (χ3n) is 4.85. The first kappa shape index (κ1) is 18.4. The van der Waals surface area contributed by atoms with Crippen LogP contribution in [0.2, 0.25) is 0 Å². The molecule has 0 radical (unpaired) electrons. The molecule has 0 unspecified atom stereocenters. The van der Waals surface area contributed by atoms with Crippen molar-refractivity contribution in [3.63, 3.8) is 0 Å². The molecule has 2 amide bonds. The number of hydrogen-bond donors (Lipinski definition) is 1. The molecule has 0 aliphatic rings. The van der Waals surface area contributed by atoms with E-state index < -0.39 is 0 Å². The van der Waals surface area contributed by atoms with Crippen LogP contribution in [-0.2, 0) is 13.6 Å². The van der Waals surface area contributed by atoms with Gasteiger partial charge in [0.25, 0.3) is 0 Å². The first-order chi connectivity index (χ1) is 12.3. The zero-order chi connectivity index (χ0) is 19.0. The average Bonchev–Trinajstić information content (AvgIpc) is 3.09. The van der Waals surface area contributed by atoms with Crippen molar-refractivity contribution in [1.29, 1.82) is 0 Å². The largest absolute Gasteiger partial charge is 0.334 e. The molecule has 0 spiro atoms. The van der Waals surface area contributed by atoms with Gasteiger partial charge in [0.2, 0.25) is 0 Å². The quantitative estimate of drug-likeness (QED) is 0.757. The Bertz CT molecular complexity index is 958. The molecule has 0 bridgehead atoms. The highest BCUT2D eigenvalue weighted by Crippen LogP contribution is 2.26. The van der Waals surface area contributed by atoms with Gasteiger partial charge in [-0.1, -0.05) is 6.07 Å². The second-order valence-corrected chi connectivity index (χ2v) is 8.07. The van der Waals surface area contributed by atoms with E-state index in [1.807, 2.05) is 52.9 Å². The van der Waals surface area contributed by atoms with Crippen LogP contribution in [0.3, 0.4) is 0 Å². The second-order valence-electron chi connectivity index (χ2n) is 6.66. The van der Waals surface area contributed by atoms with Crippen LogP contribution in [0.1, 0.15) is 39.9 Å². The van der Waals surface area contributed by atoms with Gasteiger partial charge >= 0.3 is 6.03 Å². The Hall–Kier alpha value is -2.41. The molecule has 1 atom stereocenters. The molecule has 0 aliphatic heterocycles. The molecule has 2 heterocycles. The maximum Gasteiger partial charge on any atom is 0.317 e. The van der Waals surface area contributed by atoms with E-state index in [1.54, 1.807) is 23.3 Å². The van der Waals surface area contributed by atoms with Crippen molar-refractivity contribution in [2.24, 2.45) is 7.05 Å². The molecule has 1 N–H and O–H groups in total. The maximum absolute atomic E-state index is 12.5. The number of nitrogens with zero attached hydrogens (tertiary/aromatic N) is 4. The number of carbonyl (C=O) groups excluding carboxylic acids is 1.